The molecule has 7 nitrogen and oxygen atoms in total. The fraction of sp³-hybridized carbons (Fsp3) is 0.652. The highest BCUT2D eigenvalue weighted by Crippen LogP contribution is 2.49. The molecule has 2 fully saturated rings. The summed E-state index contributed by atoms with van der Waals surface area (Å²) in [6.07, 6.45) is 4.29. The van der Waals surface area contributed by atoms with Crippen molar-refractivity contribution in [3.63, 3.8) is 0 Å². The number of aryl methyl sites for hydroxylation is 1. The maximum absolute atomic E-state index is 5.80. The predicted molar refractivity (Wildman–Crippen MR) is 115 cm³/mol. The second kappa shape index (κ2) is 7.85. The molecule has 0 N–H and O–H groups in total. The van der Waals surface area contributed by atoms with Gasteiger partial charge in [0.15, 0.2) is 11.5 Å². The lowest BCUT2D eigenvalue weighted by molar-refractivity contribution is 0.0747. The van der Waals surface area contributed by atoms with Gasteiger partial charge in [0.05, 0.1) is 0 Å². The lowest BCUT2D eigenvalue weighted by Crippen LogP contribution is -2.46. The lowest BCUT2D eigenvalue weighted by Gasteiger charge is -2.43. The van der Waals surface area contributed by atoms with Gasteiger partial charge in [0.2, 0.25) is 0 Å². The van der Waals surface area contributed by atoms with Crippen molar-refractivity contribution >= 4 is 0 Å². The van der Waals surface area contributed by atoms with Crippen molar-refractivity contribution in [2.24, 2.45) is 12.5 Å². The van der Waals surface area contributed by atoms with Crippen LogP contribution >= 0.6 is 0 Å². The Kier molecular flexibility index (Phi) is 5.19. The molecule has 2 saturated heterocycles. The van der Waals surface area contributed by atoms with E-state index in [1.165, 1.54) is 31.5 Å². The van der Waals surface area contributed by atoms with Crippen molar-refractivity contribution in [2.75, 3.05) is 39.4 Å². The maximum Gasteiger partial charge on any atom is 0.161 e. The number of rotatable bonds is 4. The molecule has 162 valence electrons. The smallest absolute Gasteiger partial charge is 0.161 e. The summed E-state index contributed by atoms with van der Waals surface area (Å²) in [5, 5.41) is 8.74. The first-order chi connectivity index (χ1) is 14.5. The average Bonchev–Trinajstić information content (AvgIpc) is 3.31. The maximum atomic E-state index is 5.80. The molecule has 0 bridgehead atoms. The summed E-state index contributed by atoms with van der Waals surface area (Å²) in [7, 11) is 2.08. The monoisotopic (exact) mass is 411 g/mol. The number of fused-ring (bicyclic) bond motifs is 1. The van der Waals surface area contributed by atoms with E-state index in [0.29, 0.717) is 25.2 Å². The van der Waals surface area contributed by atoms with Crippen molar-refractivity contribution in [3.05, 3.63) is 35.9 Å². The lowest BCUT2D eigenvalue weighted by atomic mass is 9.70. The Labute approximate surface area is 179 Å². The summed E-state index contributed by atoms with van der Waals surface area (Å²) in [5.41, 5.74) is 1.56. The van der Waals surface area contributed by atoms with Crippen LogP contribution in [0.15, 0.2) is 24.5 Å². The zero-order valence-corrected chi connectivity index (χ0v) is 18.4. The van der Waals surface area contributed by atoms with E-state index in [4.69, 9.17) is 9.47 Å². The zero-order chi connectivity index (χ0) is 20.7. The van der Waals surface area contributed by atoms with Gasteiger partial charge in [-0.05, 0) is 62.9 Å². The van der Waals surface area contributed by atoms with Crippen LogP contribution in [0.4, 0.5) is 0 Å². The van der Waals surface area contributed by atoms with Gasteiger partial charge in [-0.2, -0.15) is 0 Å². The molecule has 0 radical (unpaired) electrons. The van der Waals surface area contributed by atoms with Crippen molar-refractivity contribution in [1.29, 1.82) is 0 Å². The Morgan fingerprint density at radius 2 is 1.90 bits per heavy atom. The fourth-order valence-corrected chi connectivity index (χ4v) is 5.59. The number of benzene rings is 1. The number of hydrogen-bond donors (Lipinski definition) is 0. The van der Waals surface area contributed by atoms with Crippen LogP contribution in [-0.4, -0.2) is 70.0 Å². The van der Waals surface area contributed by atoms with Gasteiger partial charge in [-0.3, -0.25) is 4.90 Å². The molecule has 3 aliphatic heterocycles. The molecule has 1 aromatic carbocycles. The highest BCUT2D eigenvalue weighted by Gasteiger charge is 2.50. The van der Waals surface area contributed by atoms with Crippen molar-refractivity contribution in [3.8, 4) is 11.5 Å². The molecule has 30 heavy (non-hydrogen) atoms. The van der Waals surface area contributed by atoms with Gasteiger partial charge in [-0.15, -0.1) is 10.2 Å². The molecule has 1 atom stereocenters. The van der Waals surface area contributed by atoms with Gasteiger partial charge in [0.1, 0.15) is 25.4 Å². The van der Waals surface area contributed by atoms with E-state index >= 15 is 0 Å². The second-order valence-electron chi connectivity index (χ2n) is 9.49. The first kappa shape index (κ1) is 19.8. The molecule has 1 unspecified atom stereocenters. The second-order valence-corrected chi connectivity index (χ2v) is 9.49. The Balaban J connectivity index is 1.37. The van der Waals surface area contributed by atoms with Crippen LogP contribution in [0.2, 0.25) is 0 Å². The summed E-state index contributed by atoms with van der Waals surface area (Å²) in [6, 6.07) is 7.00. The van der Waals surface area contributed by atoms with Crippen molar-refractivity contribution < 1.29 is 9.47 Å². The largest absolute Gasteiger partial charge is 0.486 e. The van der Waals surface area contributed by atoms with Gasteiger partial charge >= 0.3 is 0 Å². The van der Waals surface area contributed by atoms with Gasteiger partial charge in [0, 0.05) is 38.6 Å². The van der Waals surface area contributed by atoms with E-state index in [9.17, 15) is 0 Å². The average molecular weight is 412 g/mol. The topological polar surface area (TPSA) is 55.6 Å². The number of nitrogens with zero attached hydrogens (tertiary/aromatic N) is 5. The van der Waals surface area contributed by atoms with Crippen LogP contribution in [0.1, 0.15) is 44.0 Å². The minimum Gasteiger partial charge on any atom is -0.486 e. The number of ether oxygens (including phenoxy) is 2. The number of hydrogen-bond acceptors (Lipinski definition) is 6. The molecule has 1 aromatic heterocycles. The van der Waals surface area contributed by atoms with Crippen LogP contribution in [0.25, 0.3) is 0 Å². The molecule has 0 aliphatic carbocycles. The third kappa shape index (κ3) is 3.58. The fourth-order valence-electron chi connectivity index (χ4n) is 5.59. The Hall–Kier alpha value is -2.12. The normalized spacial score (nSPS) is 24.1. The standard InChI is InChI=1S/C23H33N5O2/c1-17(2)28-8-6-23(7-9-28)15-27(14-19(23)22-25-24-16-26(22)3)13-18-4-5-20-21(12-18)30-11-10-29-20/h4-5,12,16-17,19H,6-11,13-15H2,1-3H3. The van der Waals surface area contributed by atoms with Gasteiger partial charge in [-0.25, -0.2) is 0 Å². The molecule has 3 aliphatic rings. The first-order valence-corrected chi connectivity index (χ1v) is 11.2. The van der Waals surface area contributed by atoms with Crippen LogP contribution in [0, 0.1) is 5.41 Å². The van der Waals surface area contributed by atoms with E-state index in [-0.39, 0.29) is 5.41 Å². The minimum atomic E-state index is 0.278. The molecule has 0 saturated carbocycles. The van der Waals surface area contributed by atoms with Crippen LogP contribution in [-0.2, 0) is 13.6 Å². The number of likely N-dealkylation sites (tertiary alicyclic amines) is 2. The summed E-state index contributed by atoms with van der Waals surface area (Å²) >= 11 is 0. The third-order valence-corrected chi connectivity index (χ3v) is 7.31. The molecular formula is C23H33N5O2. The van der Waals surface area contributed by atoms with E-state index in [1.54, 1.807) is 0 Å². The van der Waals surface area contributed by atoms with E-state index in [1.807, 2.05) is 6.33 Å². The Bertz CT molecular complexity index is 887. The molecule has 0 amide bonds. The first-order valence-electron chi connectivity index (χ1n) is 11.2. The minimum absolute atomic E-state index is 0.278. The molecule has 2 aromatic rings. The van der Waals surface area contributed by atoms with E-state index in [2.05, 4.69) is 63.7 Å². The summed E-state index contributed by atoms with van der Waals surface area (Å²) in [5.74, 6) is 3.30. The van der Waals surface area contributed by atoms with Gasteiger partial charge in [-0.1, -0.05) is 6.07 Å². The molecule has 4 heterocycles. The van der Waals surface area contributed by atoms with E-state index < -0.39 is 0 Å². The zero-order valence-electron chi connectivity index (χ0n) is 18.4. The Morgan fingerprint density at radius 1 is 1.13 bits per heavy atom. The van der Waals surface area contributed by atoms with Crippen LogP contribution in [0.3, 0.4) is 0 Å². The summed E-state index contributed by atoms with van der Waals surface area (Å²) in [4.78, 5) is 5.22. The SMILES string of the molecule is CC(C)N1CCC2(CC1)CN(Cc1ccc3c(c1)OCCO3)CC2c1nncn1C. The molecule has 5 rings (SSSR count). The summed E-state index contributed by atoms with van der Waals surface area (Å²) < 4.78 is 13.6. The van der Waals surface area contributed by atoms with Gasteiger partial charge in [0.25, 0.3) is 0 Å². The predicted octanol–water partition coefficient (Wildman–Crippen LogP) is 2.68. The van der Waals surface area contributed by atoms with Crippen LogP contribution in [0.5, 0.6) is 11.5 Å². The van der Waals surface area contributed by atoms with E-state index in [0.717, 1.165) is 37.0 Å². The quantitative estimate of drug-likeness (QED) is 0.771. The highest BCUT2D eigenvalue weighted by molar-refractivity contribution is 5.43. The third-order valence-electron chi connectivity index (χ3n) is 7.31. The molecular weight excluding hydrogens is 378 g/mol. The Morgan fingerprint density at radius 3 is 2.60 bits per heavy atom. The number of piperidine rings is 1. The molecule has 1 spiro atoms. The highest BCUT2D eigenvalue weighted by atomic mass is 16.6. The van der Waals surface area contributed by atoms with Gasteiger partial charge < -0.3 is 18.9 Å². The number of aromatic nitrogens is 3. The van der Waals surface area contributed by atoms with Crippen LogP contribution < -0.4 is 9.47 Å². The molecule has 7 heteroatoms. The summed E-state index contributed by atoms with van der Waals surface area (Å²) in [6.45, 7) is 11.3. The van der Waals surface area contributed by atoms with Crippen molar-refractivity contribution in [2.45, 2.75) is 45.2 Å². The van der Waals surface area contributed by atoms with Crippen molar-refractivity contribution in [1.82, 2.24) is 24.6 Å².